The first-order chi connectivity index (χ1) is 20.2. The number of fused-ring (bicyclic) bond motifs is 3. The van der Waals surface area contributed by atoms with Crippen LogP contribution in [0.15, 0.2) is 85.1 Å². The molecule has 3 aromatic carbocycles. The number of nitrogens with zero attached hydrogens (tertiary/aromatic N) is 3. The Morgan fingerprint density at radius 3 is 1.93 bits per heavy atom. The number of aromatic nitrogens is 3. The summed E-state index contributed by atoms with van der Waals surface area (Å²) in [5, 5.41) is 2.21. The van der Waals surface area contributed by atoms with Gasteiger partial charge in [-0.3, -0.25) is 9.97 Å². The van der Waals surface area contributed by atoms with Gasteiger partial charge < -0.3 is 4.98 Å². The molecule has 0 N–H and O–H groups in total. The van der Waals surface area contributed by atoms with Crippen molar-refractivity contribution in [1.82, 2.24) is 15.0 Å². The zero-order valence-corrected chi connectivity index (χ0v) is 26.5. The summed E-state index contributed by atoms with van der Waals surface area (Å²) < 4.78 is 23.4. The number of benzene rings is 3. The van der Waals surface area contributed by atoms with Crippen LogP contribution in [0.1, 0.15) is 62.5 Å². The van der Waals surface area contributed by atoms with Crippen LogP contribution in [0.4, 0.5) is 0 Å². The molecule has 0 aliphatic heterocycles. The molecule has 6 aromatic rings. The second kappa shape index (κ2) is 10.7. The molecule has 0 amide bonds. The van der Waals surface area contributed by atoms with E-state index in [0.717, 1.165) is 49.8 Å². The maximum Gasteiger partial charge on any atom is 2.00 e. The predicted molar refractivity (Wildman–Crippen MR) is 168 cm³/mol. The van der Waals surface area contributed by atoms with E-state index >= 15 is 0 Å². The molecule has 0 atom stereocenters. The number of pyridine rings is 2. The van der Waals surface area contributed by atoms with Gasteiger partial charge in [-0.05, 0) is 63.3 Å². The van der Waals surface area contributed by atoms with Crippen molar-refractivity contribution in [2.45, 2.75) is 59.2 Å². The van der Waals surface area contributed by atoms with Crippen LogP contribution in [0.25, 0.3) is 55.4 Å². The monoisotopic (exact) mass is 719 g/mol. The molecule has 0 fully saturated rings. The maximum atomic E-state index is 7.82. The van der Waals surface area contributed by atoms with Crippen molar-refractivity contribution >= 4 is 21.8 Å². The second-order valence-corrected chi connectivity index (χ2v) is 12.6. The molecular formula is C37H35N3Pt. The van der Waals surface area contributed by atoms with E-state index in [1.54, 1.807) is 12.1 Å². The molecule has 208 valence electrons. The van der Waals surface area contributed by atoms with Gasteiger partial charge in [-0.25, -0.2) is 0 Å². The summed E-state index contributed by atoms with van der Waals surface area (Å²) in [6.45, 7) is 11.1. The van der Waals surface area contributed by atoms with Crippen LogP contribution in [-0.4, -0.2) is 9.97 Å². The van der Waals surface area contributed by atoms with Crippen LogP contribution in [0.2, 0.25) is 0 Å². The fraction of sp³-hybridized carbons (Fsp3) is 0.243. The predicted octanol–water partition coefficient (Wildman–Crippen LogP) is 9.44. The topological polar surface area (TPSA) is 39.9 Å². The van der Waals surface area contributed by atoms with Gasteiger partial charge in [0.2, 0.25) is 0 Å². The third-order valence-corrected chi connectivity index (χ3v) is 7.52. The van der Waals surface area contributed by atoms with Gasteiger partial charge in [0.05, 0.1) is 5.69 Å². The summed E-state index contributed by atoms with van der Waals surface area (Å²) in [6.07, 6.45) is 1.83. The smallest absolute Gasteiger partial charge is 0.662 e. The SMILES string of the molecule is [2H]C([2H])([2H])c1cccc(-c2[c-]c(-c3cc(C(C)(C)C)cc4c3[n-]c3c(-c5ccccn5)cc(C(C)(C)C)cc34)ccc2)n1.[Pt+2]. The number of hydrogen-bond donors (Lipinski definition) is 0. The van der Waals surface area contributed by atoms with Crippen molar-refractivity contribution in [1.29, 1.82) is 0 Å². The van der Waals surface area contributed by atoms with E-state index in [1.165, 1.54) is 11.1 Å². The van der Waals surface area contributed by atoms with Crippen LogP contribution in [-0.2, 0) is 31.9 Å². The molecule has 0 aliphatic carbocycles. The molecule has 0 bridgehead atoms. The van der Waals surface area contributed by atoms with Gasteiger partial charge in [0.25, 0.3) is 0 Å². The van der Waals surface area contributed by atoms with Crippen LogP contribution >= 0.6 is 0 Å². The summed E-state index contributed by atoms with van der Waals surface area (Å²) in [6, 6.07) is 29.6. The van der Waals surface area contributed by atoms with Crippen molar-refractivity contribution in [2.75, 3.05) is 0 Å². The maximum absolute atomic E-state index is 7.82. The molecule has 41 heavy (non-hydrogen) atoms. The Balaban J connectivity index is 0.00000384. The molecule has 4 heteroatoms. The van der Waals surface area contributed by atoms with E-state index in [9.17, 15) is 0 Å². The van der Waals surface area contributed by atoms with Gasteiger partial charge in [0.1, 0.15) is 0 Å². The average molecular weight is 720 g/mol. The third-order valence-electron chi connectivity index (χ3n) is 7.52. The number of aryl methyl sites for hydroxylation is 1. The summed E-state index contributed by atoms with van der Waals surface area (Å²) in [5.74, 6) is 0. The van der Waals surface area contributed by atoms with Gasteiger partial charge in [-0.2, -0.15) is 5.52 Å². The Morgan fingerprint density at radius 1 is 0.683 bits per heavy atom. The van der Waals surface area contributed by atoms with E-state index in [2.05, 4.69) is 76.9 Å². The standard InChI is InChI=1S/C37H35N3.Pt/c1-23-12-10-16-32(39-23)25-14-11-13-24(18-25)28-19-26(36(2,3)4)20-29-30-21-27(37(5,6)7)22-31(35(30)40-34(28)29)33-15-8-9-17-38-33;/h8-17,19-22H,1-7H3;/q-2;+2/i1D3;. The third kappa shape index (κ3) is 5.53. The van der Waals surface area contributed by atoms with Crippen molar-refractivity contribution in [3.8, 4) is 33.6 Å². The van der Waals surface area contributed by atoms with Crippen molar-refractivity contribution in [3.63, 3.8) is 0 Å². The molecule has 0 saturated heterocycles. The quantitative estimate of drug-likeness (QED) is 0.171. The average Bonchev–Trinajstić information content (AvgIpc) is 3.34. The summed E-state index contributed by atoms with van der Waals surface area (Å²) in [7, 11) is 0. The number of rotatable bonds is 3. The van der Waals surface area contributed by atoms with Crippen molar-refractivity contribution < 1.29 is 25.2 Å². The van der Waals surface area contributed by atoms with Crippen LogP contribution in [0, 0.1) is 12.9 Å². The van der Waals surface area contributed by atoms with Gasteiger partial charge in [0.15, 0.2) is 0 Å². The summed E-state index contributed by atoms with van der Waals surface area (Å²) in [4.78, 5) is 14.5. The fourth-order valence-corrected chi connectivity index (χ4v) is 5.18. The second-order valence-electron chi connectivity index (χ2n) is 12.6. The number of hydrogen-bond acceptors (Lipinski definition) is 2. The fourth-order valence-electron chi connectivity index (χ4n) is 5.18. The van der Waals surface area contributed by atoms with Crippen molar-refractivity contribution in [3.05, 3.63) is 108 Å². The summed E-state index contributed by atoms with van der Waals surface area (Å²) >= 11 is 0. The Kier molecular flexibility index (Phi) is 6.57. The molecule has 0 radical (unpaired) electrons. The zero-order valence-electron chi connectivity index (χ0n) is 27.2. The van der Waals surface area contributed by atoms with Gasteiger partial charge in [-0.15, -0.1) is 35.3 Å². The molecule has 6 rings (SSSR count). The van der Waals surface area contributed by atoms with Crippen LogP contribution < -0.4 is 4.98 Å². The van der Waals surface area contributed by atoms with E-state index in [1.807, 2.05) is 48.7 Å². The molecule has 0 aliphatic rings. The molecule has 3 heterocycles. The van der Waals surface area contributed by atoms with Gasteiger partial charge in [-0.1, -0.05) is 95.1 Å². The largest absolute Gasteiger partial charge is 2.00 e. The normalized spacial score (nSPS) is 13.5. The first-order valence-corrected chi connectivity index (χ1v) is 13.7. The minimum absolute atomic E-state index is 0. The Labute approximate surface area is 262 Å². The van der Waals surface area contributed by atoms with Crippen LogP contribution in [0.5, 0.6) is 0 Å². The van der Waals surface area contributed by atoms with Gasteiger partial charge >= 0.3 is 21.1 Å². The van der Waals surface area contributed by atoms with E-state index < -0.39 is 6.85 Å². The minimum Gasteiger partial charge on any atom is -0.662 e. The Bertz CT molecular complexity index is 1980. The molecule has 0 saturated carbocycles. The molecule has 0 spiro atoms. The molecule has 3 nitrogen and oxygen atoms in total. The van der Waals surface area contributed by atoms with E-state index in [0.29, 0.717) is 5.69 Å². The van der Waals surface area contributed by atoms with E-state index in [4.69, 9.17) is 14.1 Å². The first kappa shape index (κ1) is 25.2. The Morgan fingerprint density at radius 2 is 1.29 bits per heavy atom. The zero-order chi connectivity index (χ0) is 30.7. The first-order valence-electron chi connectivity index (χ1n) is 15.2. The minimum atomic E-state index is -2.28. The summed E-state index contributed by atoms with van der Waals surface area (Å²) in [5.41, 5.74) is 9.25. The van der Waals surface area contributed by atoms with E-state index in [-0.39, 0.29) is 37.6 Å². The van der Waals surface area contributed by atoms with Gasteiger partial charge in [0, 0.05) is 21.7 Å². The van der Waals surface area contributed by atoms with Crippen molar-refractivity contribution in [2.24, 2.45) is 0 Å². The molecule has 3 aromatic heterocycles. The van der Waals surface area contributed by atoms with Crippen LogP contribution in [0.3, 0.4) is 0 Å². The Hall–Kier alpha value is -3.55. The molecular weight excluding hydrogens is 682 g/mol. The molecule has 0 unspecified atom stereocenters.